The number of ether oxygens (including phenoxy) is 1. The molecule has 2 unspecified atom stereocenters. The topological polar surface area (TPSA) is 108 Å². The van der Waals surface area contributed by atoms with Gasteiger partial charge in [-0.05, 0) is 62.8 Å². The van der Waals surface area contributed by atoms with E-state index >= 15 is 0 Å². The van der Waals surface area contributed by atoms with Gasteiger partial charge in [0.1, 0.15) is 11.6 Å². The van der Waals surface area contributed by atoms with E-state index < -0.39 is 35.1 Å². The van der Waals surface area contributed by atoms with E-state index in [4.69, 9.17) is 4.74 Å². The number of nitrogens with zero attached hydrogens (tertiary/aromatic N) is 1. The molecule has 3 saturated heterocycles. The molecule has 2 aromatic carbocycles. The van der Waals surface area contributed by atoms with E-state index in [1.807, 2.05) is 71.0 Å². The van der Waals surface area contributed by atoms with E-state index in [0.29, 0.717) is 30.6 Å². The number of anilines is 2. The Labute approximate surface area is 230 Å². The first-order chi connectivity index (χ1) is 18.6. The van der Waals surface area contributed by atoms with Crippen LogP contribution in [0.1, 0.15) is 51.2 Å². The lowest BCUT2D eigenvalue weighted by molar-refractivity contribution is -0.148. The minimum Gasteiger partial charge on any atom is -0.394 e. The van der Waals surface area contributed by atoms with Crippen molar-refractivity contribution >= 4 is 29.1 Å². The Morgan fingerprint density at radius 2 is 1.72 bits per heavy atom. The lowest BCUT2D eigenvalue weighted by Crippen LogP contribution is -2.57. The van der Waals surface area contributed by atoms with Crippen LogP contribution in [0, 0.1) is 31.6 Å². The molecule has 3 amide bonds. The Morgan fingerprint density at radius 1 is 1.05 bits per heavy atom. The van der Waals surface area contributed by atoms with Gasteiger partial charge in [-0.2, -0.15) is 0 Å². The molecule has 2 bridgehead atoms. The van der Waals surface area contributed by atoms with E-state index in [1.54, 1.807) is 17.0 Å². The molecule has 39 heavy (non-hydrogen) atoms. The van der Waals surface area contributed by atoms with E-state index in [2.05, 4.69) is 10.6 Å². The Balaban J connectivity index is 1.58. The summed E-state index contributed by atoms with van der Waals surface area (Å²) in [5, 5.41) is 16.6. The number of rotatable bonds is 8. The molecule has 3 N–H and O–H groups in total. The van der Waals surface area contributed by atoms with Crippen LogP contribution in [0.15, 0.2) is 48.5 Å². The first-order valence-corrected chi connectivity index (χ1v) is 13.9. The average Bonchev–Trinajstić information content (AvgIpc) is 3.48. The zero-order chi connectivity index (χ0) is 28.1. The summed E-state index contributed by atoms with van der Waals surface area (Å²) in [5.41, 5.74) is 1.13. The van der Waals surface area contributed by atoms with Crippen molar-refractivity contribution < 1.29 is 24.2 Å². The van der Waals surface area contributed by atoms with Crippen molar-refractivity contribution in [1.29, 1.82) is 0 Å². The molecule has 3 heterocycles. The summed E-state index contributed by atoms with van der Waals surface area (Å²) in [6.45, 7) is 9.43. The van der Waals surface area contributed by atoms with Gasteiger partial charge < -0.3 is 25.4 Å². The zero-order valence-corrected chi connectivity index (χ0v) is 23.4. The van der Waals surface area contributed by atoms with Crippen LogP contribution in [0.25, 0.3) is 0 Å². The molecule has 3 aliphatic rings. The number of hydrogen-bond donors (Lipinski definition) is 3. The van der Waals surface area contributed by atoms with E-state index in [9.17, 15) is 19.5 Å². The molecular formula is C31H39N3O5. The first-order valence-electron chi connectivity index (χ1n) is 13.9. The number of para-hydroxylation sites is 2. The fourth-order valence-corrected chi connectivity index (χ4v) is 7.18. The summed E-state index contributed by atoms with van der Waals surface area (Å²) in [4.78, 5) is 43.9. The van der Waals surface area contributed by atoms with Crippen LogP contribution in [0.3, 0.4) is 0 Å². The van der Waals surface area contributed by atoms with Crippen molar-refractivity contribution in [3.63, 3.8) is 0 Å². The van der Waals surface area contributed by atoms with Gasteiger partial charge in [0.2, 0.25) is 17.7 Å². The van der Waals surface area contributed by atoms with Gasteiger partial charge in [-0.25, -0.2) is 0 Å². The van der Waals surface area contributed by atoms with Crippen molar-refractivity contribution in [1.82, 2.24) is 4.90 Å². The Bertz CT molecular complexity index is 1260. The number of carbonyl (C=O) groups is 3. The Hall–Kier alpha value is -3.23. The molecule has 8 nitrogen and oxygen atoms in total. The number of fused-ring (bicyclic) bond motifs is 1. The predicted molar refractivity (Wildman–Crippen MR) is 149 cm³/mol. The van der Waals surface area contributed by atoms with Crippen molar-refractivity contribution in [2.24, 2.45) is 17.8 Å². The number of aliphatic hydroxyl groups excluding tert-OH is 1. The quantitative estimate of drug-likeness (QED) is 0.475. The minimum absolute atomic E-state index is 0.0611. The van der Waals surface area contributed by atoms with Gasteiger partial charge in [0.25, 0.3) is 0 Å². The van der Waals surface area contributed by atoms with Gasteiger partial charge in [-0.3, -0.25) is 14.4 Å². The second-order valence-electron chi connectivity index (χ2n) is 11.7. The highest BCUT2D eigenvalue weighted by Crippen LogP contribution is 2.63. The first kappa shape index (κ1) is 27.3. The number of aliphatic hydroxyl groups is 1. The highest BCUT2D eigenvalue weighted by atomic mass is 16.5. The van der Waals surface area contributed by atoms with Crippen molar-refractivity contribution in [2.75, 3.05) is 17.2 Å². The van der Waals surface area contributed by atoms with Crippen LogP contribution < -0.4 is 10.6 Å². The molecule has 5 rings (SSSR count). The number of amides is 3. The minimum atomic E-state index is -1.16. The molecular weight excluding hydrogens is 494 g/mol. The normalized spacial score (nSPS) is 30.7. The maximum Gasteiger partial charge on any atom is 0.250 e. The molecule has 8 heteroatoms. The van der Waals surface area contributed by atoms with Crippen LogP contribution in [-0.4, -0.2) is 57.6 Å². The Kier molecular flexibility index (Phi) is 7.06. The molecule has 3 fully saturated rings. The van der Waals surface area contributed by atoms with E-state index in [0.717, 1.165) is 11.1 Å². The summed E-state index contributed by atoms with van der Waals surface area (Å²) < 4.78 is 6.72. The lowest BCUT2D eigenvalue weighted by Gasteiger charge is -2.39. The third-order valence-corrected chi connectivity index (χ3v) is 9.36. The fourth-order valence-electron chi connectivity index (χ4n) is 7.18. The highest BCUT2D eigenvalue weighted by Gasteiger charge is 2.78. The highest BCUT2D eigenvalue weighted by molar-refractivity contribution is 6.05. The monoisotopic (exact) mass is 533 g/mol. The summed E-state index contributed by atoms with van der Waals surface area (Å²) in [5.74, 6) is -2.59. The maximum atomic E-state index is 14.4. The van der Waals surface area contributed by atoms with Gasteiger partial charge in [0.05, 0.1) is 30.1 Å². The largest absolute Gasteiger partial charge is 0.394 e. The van der Waals surface area contributed by atoms with Gasteiger partial charge in [-0.1, -0.05) is 56.7 Å². The molecule has 0 aromatic heterocycles. The predicted octanol–water partition coefficient (Wildman–Crippen LogP) is 4.05. The smallest absolute Gasteiger partial charge is 0.250 e. The molecule has 208 valence electrons. The van der Waals surface area contributed by atoms with Crippen molar-refractivity contribution in [3.05, 3.63) is 59.7 Å². The third-order valence-electron chi connectivity index (χ3n) is 9.36. The average molecular weight is 534 g/mol. The Morgan fingerprint density at radius 3 is 2.33 bits per heavy atom. The summed E-state index contributed by atoms with van der Waals surface area (Å²) in [6.07, 6.45) is 1.75. The van der Waals surface area contributed by atoms with Crippen LogP contribution in [-0.2, 0) is 19.1 Å². The number of aryl methyl sites for hydroxylation is 2. The number of likely N-dealkylation sites (tertiary alicyclic amines) is 1. The van der Waals surface area contributed by atoms with Gasteiger partial charge in [0, 0.05) is 11.4 Å². The van der Waals surface area contributed by atoms with Crippen LogP contribution in [0.5, 0.6) is 0 Å². The van der Waals surface area contributed by atoms with Crippen LogP contribution in [0.2, 0.25) is 0 Å². The number of nitrogens with one attached hydrogen (secondary N) is 2. The molecule has 7 atom stereocenters. The standard InChI is InChI=1S/C31H39N3O5/c1-6-18(2)22(17-35)34-26(28(37)33-25-19(3)11-10-12-20(25)4)31-16-15-30(5,39-31)23(24(31)29(34)38)27(36)32-21-13-8-7-9-14-21/h7-14,18,22-24,26,35H,6,15-17H2,1-5H3,(H,32,36)(H,33,37)/t18-,22-,23+,24-,26?,30-,31?/m0/s1. The summed E-state index contributed by atoms with van der Waals surface area (Å²) >= 11 is 0. The fraction of sp³-hybridized carbons (Fsp3) is 0.516. The molecule has 0 saturated carbocycles. The molecule has 0 aliphatic carbocycles. The van der Waals surface area contributed by atoms with E-state index in [1.165, 1.54) is 0 Å². The molecule has 0 radical (unpaired) electrons. The van der Waals surface area contributed by atoms with Crippen molar-refractivity contribution in [3.8, 4) is 0 Å². The number of carbonyl (C=O) groups excluding carboxylic acids is 3. The molecule has 3 aliphatic heterocycles. The van der Waals surface area contributed by atoms with Crippen LogP contribution in [0.4, 0.5) is 11.4 Å². The second-order valence-corrected chi connectivity index (χ2v) is 11.7. The van der Waals surface area contributed by atoms with Gasteiger partial charge in [0.15, 0.2) is 0 Å². The molecule has 2 aromatic rings. The lowest BCUT2D eigenvalue weighted by atomic mass is 9.66. The van der Waals surface area contributed by atoms with Gasteiger partial charge in [-0.15, -0.1) is 0 Å². The zero-order valence-electron chi connectivity index (χ0n) is 23.4. The van der Waals surface area contributed by atoms with Gasteiger partial charge >= 0.3 is 0 Å². The third kappa shape index (κ3) is 4.25. The number of hydrogen-bond acceptors (Lipinski definition) is 5. The summed E-state index contributed by atoms with van der Waals surface area (Å²) in [7, 11) is 0. The summed E-state index contributed by atoms with van der Waals surface area (Å²) in [6, 6.07) is 13.4. The second kappa shape index (κ2) is 10.1. The van der Waals surface area contributed by atoms with E-state index in [-0.39, 0.29) is 30.2 Å². The van der Waals surface area contributed by atoms with Crippen LogP contribution >= 0.6 is 0 Å². The molecule has 1 spiro atoms. The SMILES string of the molecule is CC[C@H](C)[C@H](CO)N1C(=O)[C@@H]2[C@H](C(=O)Nc3ccccc3)[C@]3(C)CCC2(O3)C1C(=O)Nc1c(C)cccc1C. The van der Waals surface area contributed by atoms with Crippen molar-refractivity contribution in [2.45, 2.75) is 77.2 Å². The maximum absolute atomic E-state index is 14.4. The number of benzene rings is 2.